The normalized spacial score (nSPS) is 16.2. The van der Waals surface area contributed by atoms with E-state index in [0.29, 0.717) is 36.2 Å². The van der Waals surface area contributed by atoms with Gasteiger partial charge < -0.3 is 35.1 Å². The number of hydrogen-bond acceptors (Lipinski definition) is 8. The summed E-state index contributed by atoms with van der Waals surface area (Å²) in [4.78, 5) is 32.2. The van der Waals surface area contributed by atoms with Crippen molar-refractivity contribution in [1.29, 1.82) is 0 Å². The van der Waals surface area contributed by atoms with E-state index in [0.717, 1.165) is 62.5 Å². The van der Waals surface area contributed by atoms with Crippen molar-refractivity contribution in [1.82, 2.24) is 30.1 Å². The van der Waals surface area contributed by atoms with Crippen LogP contribution in [0, 0.1) is 12.7 Å². The number of piperazine rings is 1. The van der Waals surface area contributed by atoms with Gasteiger partial charge in [0.25, 0.3) is 5.91 Å². The van der Waals surface area contributed by atoms with Crippen molar-refractivity contribution in [3.63, 3.8) is 0 Å². The molecule has 12 heteroatoms. The summed E-state index contributed by atoms with van der Waals surface area (Å²) in [5, 5.41) is 7.01. The highest BCUT2D eigenvalue weighted by molar-refractivity contribution is 6.01. The van der Waals surface area contributed by atoms with Crippen LogP contribution in [0.3, 0.4) is 0 Å². The number of nitrogens with zero attached hydrogens (tertiary/aromatic N) is 5. The SMILES string of the molecule is C1CCNCC1.CC(C)=CCC(C)F.CCC.Cc1cc2c(F)c(Oc3ncnc(Nc4ccc(N5CCN(C)CC5)cc4)c3C(=O)N3CCCCC3)ccc2[nH]1. The number of anilines is 3. The van der Waals surface area contributed by atoms with Gasteiger partial charge in [0, 0.05) is 67.2 Å². The van der Waals surface area contributed by atoms with E-state index in [1.54, 1.807) is 30.0 Å². The van der Waals surface area contributed by atoms with Crippen molar-refractivity contribution in [3.05, 3.63) is 77.5 Å². The average molecular weight is 789 g/mol. The number of aryl methyl sites for hydroxylation is 1. The van der Waals surface area contributed by atoms with Crippen molar-refractivity contribution >= 4 is 34.0 Å². The maximum atomic E-state index is 15.4. The summed E-state index contributed by atoms with van der Waals surface area (Å²) in [6.07, 6.45) is 11.5. The molecule has 3 aliphatic heterocycles. The number of halogens is 2. The minimum Gasteiger partial charge on any atom is -0.435 e. The van der Waals surface area contributed by atoms with E-state index in [1.807, 2.05) is 39.0 Å². The number of rotatable bonds is 8. The molecule has 10 nitrogen and oxygen atoms in total. The fraction of sp³-hybridized carbons (Fsp3) is 0.533. The monoisotopic (exact) mass is 789 g/mol. The van der Waals surface area contributed by atoms with Crippen LogP contribution in [0.15, 0.2) is 60.4 Å². The maximum absolute atomic E-state index is 15.4. The van der Waals surface area contributed by atoms with Crippen LogP contribution in [0.4, 0.5) is 26.0 Å². The van der Waals surface area contributed by atoms with E-state index in [4.69, 9.17) is 4.74 Å². The van der Waals surface area contributed by atoms with Crippen LogP contribution >= 0.6 is 0 Å². The number of fused-ring (bicyclic) bond motifs is 1. The molecule has 0 saturated carbocycles. The lowest BCUT2D eigenvalue weighted by Crippen LogP contribution is -2.44. The summed E-state index contributed by atoms with van der Waals surface area (Å²) in [5.74, 6) is -0.392. The van der Waals surface area contributed by atoms with E-state index >= 15 is 4.39 Å². The van der Waals surface area contributed by atoms with Crippen molar-refractivity contribution in [2.24, 2.45) is 0 Å². The molecule has 2 aromatic heterocycles. The van der Waals surface area contributed by atoms with Crippen molar-refractivity contribution < 1.29 is 18.3 Å². The van der Waals surface area contributed by atoms with Crippen LogP contribution in [-0.4, -0.2) is 96.2 Å². The number of aromatic nitrogens is 3. The second kappa shape index (κ2) is 23.6. The third kappa shape index (κ3) is 14.4. The number of carbonyl (C=O) groups is 1. The van der Waals surface area contributed by atoms with Gasteiger partial charge in [-0.1, -0.05) is 38.3 Å². The predicted octanol–water partition coefficient (Wildman–Crippen LogP) is 10.2. The van der Waals surface area contributed by atoms with Gasteiger partial charge in [-0.3, -0.25) is 4.79 Å². The van der Waals surface area contributed by atoms with Gasteiger partial charge in [0.1, 0.15) is 18.1 Å². The summed E-state index contributed by atoms with van der Waals surface area (Å²) in [6, 6.07) is 13.1. The molecule has 0 radical (unpaired) electrons. The molecule has 0 bridgehead atoms. The Morgan fingerprint density at radius 2 is 1.58 bits per heavy atom. The Kier molecular flexibility index (Phi) is 18.7. The zero-order valence-corrected chi connectivity index (χ0v) is 35.4. The average Bonchev–Trinajstić information content (AvgIpc) is 3.61. The number of likely N-dealkylation sites (tertiary alicyclic amines) is 1. The fourth-order valence-electron chi connectivity index (χ4n) is 6.62. The molecule has 312 valence electrons. The lowest BCUT2D eigenvalue weighted by molar-refractivity contribution is 0.0721. The van der Waals surface area contributed by atoms with Crippen LogP contribution < -0.4 is 20.3 Å². The highest BCUT2D eigenvalue weighted by Gasteiger charge is 2.28. The number of nitrogens with one attached hydrogen (secondary N) is 3. The first-order valence-electron chi connectivity index (χ1n) is 20.9. The van der Waals surface area contributed by atoms with Crippen LogP contribution in [-0.2, 0) is 0 Å². The number of likely N-dealkylation sites (N-methyl/N-ethyl adjacent to an activating group) is 1. The second-order valence-electron chi connectivity index (χ2n) is 15.4. The zero-order valence-electron chi connectivity index (χ0n) is 35.4. The quantitative estimate of drug-likeness (QED) is 0.152. The third-order valence-electron chi connectivity index (χ3n) is 9.77. The van der Waals surface area contributed by atoms with Crippen molar-refractivity contribution in [2.45, 2.75) is 99.1 Å². The Balaban J connectivity index is 0.000000353. The lowest BCUT2D eigenvalue weighted by atomic mass is 10.1. The molecule has 4 aromatic rings. The van der Waals surface area contributed by atoms with Crippen molar-refractivity contribution in [3.8, 4) is 11.6 Å². The molecule has 7 rings (SSSR count). The van der Waals surface area contributed by atoms with Gasteiger partial charge in [0.05, 0.1) is 0 Å². The van der Waals surface area contributed by atoms with Gasteiger partial charge in [0.15, 0.2) is 17.4 Å². The van der Waals surface area contributed by atoms with Gasteiger partial charge in [-0.05, 0) is 129 Å². The van der Waals surface area contributed by atoms with Crippen molar-refractivity contribution in [2.75, 3.05) is 69.6 Å². The number of allylic oxidation sites excluding steroid dienone is 2. The predicted molar refractivity (Wildman–Crippen MR) is 232 cm³/mol. The molecule has 3 aliphatic rings. The Morgan fingerprint density at radius 3 is 2.14 bits per heavy atom. The maximum Gasteiger partial charge on any atom is 0.263 e. The number of H-pyrrole nitrogens is 1. The number of piperidine rings is 2. The highest BCUT2D eigenvalue weighted by atomic mass is 19.1. The number of amides is 1. The molecule has 0 spiro atoms. The molecule has 2 aromatic carbocycles. The molecule has 1 amide bonds. The highest BCUT2D eigenvalue weighted by Crippen LogP contribution is 2.35. The summed E-state index contributed by atoms with van der Waals surface area (Å²) in [7, 11) is 2.14. The first-order chi connectivity index (χ1) is 27.5. The van der Waals surface area contributed by atoms with Gasteiger partial charge in [-0.25, -0.2) is 18.7 Å². The van der Waals surface area contributed by atoms with E-state index < -0.39 is 12.0 Å². The number of ether oxygens (including phenoxy) is 1. The molecular formula is C45H66F2N8O2. The van der Waals surface area contributed by atoms with Gasteiger partial charge in [0.2, 0.25) is 5.88 Å². The standard InChI is InChI=1S/C30H34FN7O2.C7H13F.C5H11N.C3H8/c1-20-18-23-24(34-20)10-11-25(27(23)31)40-29-26(30(39)38-12-4-3-5-13-38)28(32-19-33-29)35-21-6-8-22(9-7-21)37-16-14-36(2)15-17-37;1-6(2)4-5-7(3)8;1-2-4-6-5-3-1;1-3-2/h6-11,18-19,34H,3-5,12-17H2,1-2H3,(H,32,33,35);4,7H,5H2,1-3H3;6H,1-5H2;3H2,1-2H3. The Labute approximate surface area is 339 Å². The molecular weight excluding hydrogens is 723 g/mol. The summed E-state index contributed by atoms with van der Waals surface area (Å²) in [5.41, 5.74) is 4.84. The number of carbonyl (C=O) groups excluding carboxylic acids is 1. The van der Waals surface area contributed by atoms with E-state index in [1.165, 1.54) is 50.7 Å². The topological polar surface area (TPSA) is 102 Å². The minimum atomic E-state index is -0.690. The van der Waals surface area contributed by atoms with E-state index in [-0.39, 0.29) is 23.1 Å². The first-order valence-corrected chi connectivity index (χ1v) is 20.9. The van der Waals surface area contributed by atoms with Gasteiger partial charge in [-0.2, -0.15) is 0 Å². The third-order valence-corrected chi connectivity index (χ3v) is 9.77. The molecule has 3 saturated heterocycles. The molecule has 3 N–H and O–H groups in total. The van der Waals surface area contributed by atoms with Gasteiger partial charge >= 0.3 is 0 Å². The smallest absolute Gasteiger partial charge is 0.263 e. The zero-order chi connectivity index (χ0) is 41.2. The summed E-state index contributed by atoms with van der Waals surface area (Å²) in [6.45, 7) is 19.5. The molecule has 5 heterocycles. The Hall–Kier alpha value is -4.55. The largest absolute Gasteiger partial charge is 0.435 e. The number of aromatic amines is 1. The van der Waals surface area contributed by atoms with Gasteiger partial charge in [-0.15, -0.1) is 0 Å². The summed E-state index contributed by atoms with van der Waals surface area (Å²) < 4.78 is 33.4. The molecule has 57 heavy (non-hydrogen) atoms. The number of alkyl halides is 1. The van der Waals surface area contributed by atoms with Crippen LogP contribution in [0.25, 0.3) is 10.9 Å². The number of benzene rings is 2. The summed E-state index contributed by atoms with van der Waals surface area (Å²) >= 11 is 0. The molecule has 0 aliphatic carbocycles. The fourth-order valence-corrected chi connectivity index (χ4v) is 6.62. The van der Waals surface area contributed by atoms with Crippen LogP contribution in [0.5, 0.6) is 11.6 Å². The minimum absolute atomic E-state index is 0.000346. The second-order valence-corrected chi connectivity index (χ2v) is 15.4. The first kappa shape index (κ1) is 45.2. The van der Waals surface area contributed by atoms with E-state index in [2.05, 4.69) is 68.4 Å². The van der Waals surface area contributed by atoms with Crippen LogP contribution in [0.1, 0.15) is 102 Å². The van der Waals surface area contributed by atoms with E-state index in [9.17, 15) is 9.18 Å². The molecule has 1 atom stereocenters. The Morgan fingerprint density at radius 1 is 0.930 bits per heavy atom. The Bertz CT molecular complexity index is 1810. The number of hydrogen-bond donors (Lipinski definition) is 3. The molecule has 1 unspecified atom stereocenters. The lowest BCUT2D eigenvalue weighted by Gasteiger charge is -2.34. The molecule has 3 fully saturated rings. The van der Waals surface area contributed by atoms with Crippen LogP contribution in [0.2, 0.25) is 0 Å².